The second-order valence-electron chi connectivity index (χ2n) is 12.0. The molecule has 0 aromatic carbocycles. The van der Waals surface area contributed by atoms with E-state index in [-0.39, 0.29) is 46.6 Å². The van der Waals surface area contributed by atoms with Crippen molar-refractivity contribution < 1.29 is 14.3 Å². The van der Waals surface area contributed by atoms with Gasteiger partial charge in [0.1, 0.15) is 11.7 Å². The molecule has 6 nitrogen and oxygen atoms in total. The van der Waals surface area contributed by atoms with Crippen LogP contribution in [0.5, 0.6) is 0 Å². The maximum absolute atomic E-state index is 13.1. The van der Waals surface area contributed by atoms with Crippen LogP contribution in [0.25, 0.3) is 0 Å². The zero-order chi connectivity index (χ0) is 21.8. The average molecular weight is 439 g/mol. The highest BCUT2D eigenvalue weighted by molar-refractivity contribution is 5.76. The second kappa shape index (κ2) is 6.47. The van der Waals surface area contributed by atoms with Gasteiger partial charge in [0.05, 0.1) is 12.0 Å². The summed E-state index contributed by atoms with van der Waals surface area (Å²) in [7, 11) is 0. The van der Waals surface area contributed by atoms with Gasteiger partial charge in [0, 0.05) is 55.2 Å². The third kappa shape index (κ3) is 2.48. The summed E-state index contributed by atoms with van der Waals surface area (Å²) >= 11 is 0. The number of hydrogen-bond donors (Lipinski definition) is 0. The molecule has 9 atom stereocenters. The minimum atomic E-state index is -0.0835. The van der Waals surface area contributed by atoms with Crippen LogP contribution in [0.2, 0.25) is 0 Å². The number of hydrogen-bond acceptors (Lipinski definition) is 5. The molecule has 6 aliphatic rings. The smallest absolute Gasteiger partial charge is 0.311 e. The van der Waals surface area contributed by atoms with E-state index in [9.17, 15) is 9.59 Å². The van der Waals surface area contributed by atoms with Crippen molar-refractivity contribution in [1.29, 1.82) is 0 Å². The van der Waals surface area contributed by atoms with E-state index < -0.39 is 0 Å². The number of fused-ring (bicyclic) bond motifs is 6. The van der Waals surface area contributed by atoms with Gasteiger partial charge in [-0.2, -0.15) is 0 Å². The Kier molecular flexibility index (Phi) is 4.00. The first kappa shape index (κ1) is 19.8. The Balaban J connectivity index is 1.14. The number of epoxide rings is 1. The van der Waals surface area contributed by atoms with E-state index in [0.717, 1.165) is 39.0 Å². The number of carbonyl (C=O) groups is 1. The molecule has 5 heterocycles. The van der Waals surface area contributed by atoms with Crippen molar-refractivity contribution in [1.82, 2.24) is 9.47 Å². The van der Waals surface area contributed by atoms with E-state index in [1.807, 2.05) is 10.6 Å². The van der Waals surface area contributed by atoms with Crippen LogP contribution in [0.3, 0.4) is 0 Å². The SMILES string of the molecule is CC1CCCC2(C)CC3OC(=O)C(CN4C[C@H]5C[C@@H](C4)c4cccc(=O)n4C5)C3C3OC132. The summed E-state index contributed by atoms with van der Waals surface area (Å²) in [6.07, 6.45) is 5.98. The van der Waals surface area contributed by atoms with Crippen molar-refractivity contribution in [2.45, 2.75) is 76.2 Å². The number of likely N-dealkylation sites (tertiary alicyclic amines) is 1. The molecule has 0 N–H and O–H groups in total. The number of aromatic nitrogens is 1. The van der Waals surface area contributed by atoms with Crippen LogP contribution in [0.4, 0.5) is 0 Å². The summed E-state index contributed by atoms with van der Waals surface area (Å²) in [6, 6.07) is 5.67. The zero-order valence-electron chi connectivity index (χ0n) is 19.2. The molecular formula is C26H34N2O4. The highest BCUT2D eigenvalue weighted by Crippen LogP contribution is 2.70. The monoisotopic (exact) mass is 438 g/mol. The predicted molar refractivity (Wildman–Crippen MR) is 118 cm³/mol. The highest BCUT2D eigenvalue weighted by Gasteiger charge is 2.78. The van der Waals surface area contributed by atoms with Gasteiger partial charge >= 0.3 is 5.97 Å². The molecule has 2 bridgehead atoms. The number of pyridine rings is 1. The third-order valence-electron chi connectivity index (χ3n) is 10.2. The Bertz CT molecular complexity index is 1040. The van der Waals surface area contributed by atoms with Gasteiger partial charge < -0.3 is 18.9 Å². The van der Waals surface area contributed by atoms with E-state index >= 15 is 0 Å². The number of rotatable bonds is 2. The summed E-state index contributed by atoms with van der Waals surface area (Å²) in [5.41, 5.74) is 1.40. The lowest BCUT2D eigenvalue weighted by Crippen LogP contribution is -2.55. The Morgan fingerprint density at radius 1 is 1.19 bits per heavy atom. The highest BCUT2D eigenvalue weighted by atomic mass is 16.6. The second-order valence-corrected chi connectivity index (χ2v) is 12.0. The summed E-state index contributed by atoms with van der Waals surface area (Å²) < 4.78 is 14.6. The van der Waals surface area contributed by atoms with Crippen LogP contribution in [0.1, 0.15) is 57.6 Å². The van der Waals surface area contributed by atoms with Crippen molar-refractivity contribution >= 4 is 5.97 Å². The van der Waals surface area contributed by atoms with E-state index in [2.05, 4.69) is 24.8 Å². The van der Waals surface area contributed by atoms with Gasteiger partial charge in [-0.25, -0.2) is 0 Å². The lowest BCUT2D eigenvalue weighted by molar-refractivity contribution is -0.146. The normalized spacial score (nSPS) is 48.8. The Hall–Kier alpha value is -1.66. The fourth-order valence-corrected chi connectivity index (χ4v) is 8.87. The fourth-order valence-electron chi connectivity index (χ4n) is 8.87. The molecular weight excluding hydrogens is 404 g/mol. The molecule has 0 radical (unpaired) electrons. The molecule has 6 heteroatoms. The van der Waals surface area contributed by atoms with E-state index in [0.29, 0.717) is 17.8 Å². The van der Waals surface area contributed by atoms with Crippen molar-refractivity contribution in [3.05, 3.63) is 34.2 Å². The average Bonchev–Trinajstić information content (AvgIpc) is 3.43. The van der Waals surface area contributed by atoms with Crippen molar-refractivity contribution in [3.63, 3.8) is 0 Å². The van der Waals surface area contributed by atoms with Gasteiger partial charge in [-0.05, 0) is 43.6 Å². The molecule has 2 aliphatic carbocycles. The lowest BCUT2D eigenvalue weighted by Gasteiger charge is -2.49. The number of ether oxygens (including phenoxy) is 2. The van der Waals surface area contributed by atoms with Crippen LogP contribution in [0.15, 0.2) is 23.0 Å². The first-order chi connectivity index (χ1) is 15.4. The summed E-state index contributed by atoms with van der Waals surface area (Å²) in [4.78, 5) is 27.9. The van der Waals surface area contributed by atoms with Gasteiger partial charge in [0.15, 0.2) is 0 Å². The molecule has 7 rings (SSSR count). The van der Waals surface area contributed by atoms with Crippen LogP contribution in [-0.4, -0.2) is 52.9 Å². The van der Waals surface area contributed by atoms with Crippen LogP contribution < -0.4 is 5.56 Å². The van der Waals surface area contributed by atoms with Crippen LogP contribution >= 0.6 is 0 Å². The molecule has 1 aromatic rings. The molecule has 1 aromatic heterocycles. The molecule has 7 unspecified atom stereocenters. The van der Waals surface area contributed by atoms with Crippen LogP contribution in [-0.2, 0) is 20.8 Å². The Morgan fingerprint density at radius 2 is 2.06 bits per heavy atom. The fraction of sp³-hybridized carbons (Fsp3) is 0.769. The van der Waals surface area contributed by atoms with Crippen molar-refractivity contribution in [2.75, 3.05) is 19.6 Å². The molecule has 172 valence electrons. The largest absolute Gasteiger partial charge is 0.462 e. The first-order valence-corrected chi connectivity index (χ1v) is 12.7. The van der Waals surface area contributed by atoms with E-state index in [1.165, 1.54) is 25.0 Å². The standard InChI is InChI=1S/C26H34N2O4/c1-15-5-4-8-25(2)10-20-22(23-26(15,25)32-23)18(24(30)31-20)14-27-11-16-9-17(13-27)19-6-3-7-21(29)28(19)12-16/h3,6-7,15-18,20,22-23H,4-5,8-14H2,1-2H3/t15?,16-,17+,18?,20?,22?,23?,25?,26?/m1/s1. The number of piperidine rings is 1. The molecule has 2 saturated carbocycles. The number of carbonyl (C=O) groups excluding carboxylic acids is 1. The van der Waals surface area contributed by atoms with Crippen molar-refractivity contribution in [3.8, 4) is 0 Å². The quantitative estimate of drug-likeness (QED) is 0.525. The minimum absolute atomic E-state index is 0.00657. The van der Waals surface area contributed by atoms with Gasteiger partial charge in [-0.3, -0.25) is 9.59 Å². The predicted octanol–water partition coefficient (Wildman–Crippen LogP) is 2.79. The molecule has 32 heavy (non-hydrogen) atoms. The molecule has 0 amide bonds. The van der Waals surface area contributed by atoms with E-state index in [4.69, 9.17) is 9.47 Å². The zero-order valence-corrected chi connectivity index (χ0v) is 19.2. The molecule has 1 spiro atoms. The molecule has 5 fully saturated rings. The molecule has 3 saturated heterocycles. The summed E-state index contributed by atoms with van der Waals surface area (Å²) in [5.74, 6) is 1.53. The Morgan fingerprint density at radius 3 is 2.94 bits per heavy atom. The first-order valence-electron chi connectivity index (χ1n) is 12.7. The summed E-state index contributed by atoms with van der Waals surface area (Å²) in [5, 5.41) is 0. The van der Waals surface area contributed by atoms with Gasteiger partial charge in [0.2, 0.25) is 0 Å². The number of nitrogens with zero attached hydrogens (tertiary/aromatic N) is 2. The van der Waals surface area contributed by atoms with Gasteiger partial charge in [0.25, 0.3) is 5.56 Å². The Labute approximate surface area is 189 Å². The van der Waals surface area contributed by atoms with Crippen LogP contribution in [0, 0.1) is 29.1 Å². The maximum atomic E-state index is 13.1. The summed E-state index contributed by atoms with van der Waals surface area (Å²) in [6.45, 7) is 8.19. The van der Waals surface area contributed by atoms with Gasteiger partial charge in [-0.1, -0.05) is 26.3 Å². The lowest BCUT2D eigenvalue weighted by atomic mass is 9.53. The minimum Gasteiger partial charge on any atom is -0.462 e. The van der Waals surface area contributed by atoms with E-state index in [1.54, 1.807) is 6.07 Å². The maximum Gasteiger partial charge on any atom is 0.311 e. The van der Waals surface area contributed by atoms with Gasteiger partial charge in [-0.15, -0.1) is 0 Å². The molecule has 4 aliphatic heterocycles. The van der Waals surface area contributed by atoms with Crippen molar-refractivity contribution in [2.24, 2.45) is 29.1 Å². The number of esters is 1. The third-order valence-corrected chi connectivity index (χ3v) is 10.2. The topological polar surface area (TPSA) is 64.1 Å².